The number of hydrogen-bond acceptors (Lipinski definition) is 3. The normalized spacial score (nSPS) is 18.3. The maximum Gasteiger partial charge on any atom is 0.230 e. The van der Waals surface area contributed by atoms with Crippen molar-refractivity contribution >= 4 is 17.7 Å². The molecular weight excluding hydrogens is 186 g/mol. The molecule has 1 amide bonds. The third-order valence-corrected chi connectivity index (χ3v) is 3.16. The highest BCUT2D eigenvalue weighted by Gasteiger charge is 2.22. The summed E-state index contributed by atoms with van der Waals surface area (Å²) >= 11 is 1.59. The van der Waals surface area contributed by atoms with Gasteiger partial charge in [0.2, 0.25) is 5.91 Å². The van der Waals surface area contributed by atoms with Crippen molar-refractivity contribution in [2.24, 2.45) is 5.92 Å². The van der Waals surface area contributed by atoms with Crippen molar-refractivity contribution in [3.05, 3.63) is 0 Å². The first-order chi connectivity index (χ1) is 6.22. The summed E-state index contributed by atoms with van der Waals surface area (Å²) in [6.07, 6.45) is 2.28. The fourth-order valence-corrected chi connectivity index (χ4v) is 1.80. The van der Waals surface area contributed by atoms with E-state index in [-0.39, 0.29) is 12.5 Å². The van der Waals surface area contributed by atoms with Crippen LogP contribution in [0.3, 0.4) is 0 Å². The van der Waals surface area contributed by atoms with E-state index in [4.69, 9.17) is 5.11 Å². The second-order valence-electron chi connectivity index (χ2n) is 3.64. The van der Waals surface area contributed by atoms with Crippen LogP contribution in [0.2, 0.25) is 0 Å². The molecule has 13 heavy (non-hydrogen) atoms. The van der Waals surface area contributed by atoms with Crippen molar-refractivity contribution in [3.63, 3.8) is 0 Å². The SMILES string of the molecule is CC(CO)CSCC(=O)NC1CC1. The molecule has 0 bridgehead atoms. The van der Waals surface area contributed by atoms with E-state index in [1.807, 2.05) is 6.92 Å². The van der Waals surface area contributed by atoms with Gasteiger partial charge in [0.15, 0.2) is 0 Å². The van der Waals surface area contributed by atoms with Crippen molar-refractivity contribution in [1.29, 1.82) is 0 Å². The van der Waals surface area contributed by atoms with Gasteiger partial charge in [0, 0.05) is 12.6 Å². The molecule has 4 heteroatoms. The van der Waals surface area contributed by atoms with E-state index < -0.39 is 0 Å². The fraction of sp³-hybridized carbons (Fsp3) is 0.889. The first-order valence-electron chi connectivity index (χ1n) is 4.70. The number of thioether (sulfide) groups is 1. The van der Waals surface area contributed by atoms with Gasteiger partial charge in [-0.1, -0.05) is 6.92 Å². The van der Waals surface area contributed by atoms with E-state index in [2.05, 4.69) is 5.32 Å². The Balaban J connectivity index is 1.94. The van der Waals surface area contributed by atoms with Crippen molar-refractivity contribution in [1.82, 2.24) is 5.32 Å². The Hall–Kier alpha value is -0.220. The Bertz CT molecular complexity index is 171. The van der Waals surface area contributed by atoms with Gasteiger partial charge in [0.05, 0.1) is 5.75 Å². The summed E-state index contributed by atoms with van der Waals surface area (Å²) in [5.74, 6) is 1.81. The minimum Gasteiger partial charge on any atom is -0.396 e. The lowest BCUT2D eigenvalue weighted by atomic mass is 10.2. The monoisotopic (exact) mass is 203 g/mol. The van der Waals surface area contributed by atoms with Crippen molar-refractivity contribution in [3.8, 4) is 0 Å². The Kier molecular flexibility index (Phi) is 4.59. The van der Waals surface area contributed by atoms with Crippen molar-refractivity contribution in [2.45, 2.75) is 25.8 Å². The Morgan fingerprint density at radius 3 is 2.92 bits per heavy atom. The second kappa shape index (κ2) is 5.50. The zero-order valence-electron chi connectivity index (χ0n) is 7.95. The minimum absolute atomic E-state index is 0.137. The van der Waals surface area contributed by atoms with Crippen LogP contribution in [0, 0.1) is 5.92 Å². The number of amides is 1. The lowest BCUT2D eigenvalue weighted by molar-refractivity contribution is -0.118. The third kappa shape index (κ3) is 5.16. The summed E-state index contributed by atoms with van der Waals surface area (Å²) in [7, 11) is 0. The Morgan fingerprint density at radius 2 is 2.38 bits per heavy atom. The molecule has 0 heterocycles. The maximum atomic E-state index is 11.2. The predicted octanol–water partition coefficient (Wildman–Crippen LogP) is 0.627. The molecule has 0 aromatic rings. The molecule has 1 saturated carbocycles. The standard InChI is InChI=1S/C9H17NO2S/c1-7(4-11)5-13-6-9(12)10-8-2-3-8/h7-8,11H,2-6H2,1H3,(H,10,12). The zero-order chi connectivity index (χ0) is 9.68. The van der Waals surface area contributed by atoms with Gasteiger partial charge in [-0.05, 0) is 24.5 Å². The average Bonchev–Trinajstić information content (AvgIpc) is 2.88. The van der Waals surface area contributed by atoms with Crippen LogP contribution in [-0.4, -0.2) is 35.2 Å². The van der Waals surface area contributed by atoms with Gasteiger partial charge in [-0.2, -0.15) is 11.8 Å². The van der Waals surface area contributed by atoms with Crippen molar-refractivity contribution in [2.75, 3.05) is 18.1 Å². The number of nitrogens with one attached hydrogen (secondary N) is 1. The average molecular weight is 203 g/mol. The second-order valence-corrected chi connectivity index (χ2v) is 4.67. The molecule has 1 fully saturated rings. The molecule has 1 aliphatic carbocycles. The topological polar surface area (TPSA) is 49.3 Å². The maximum absolute atomic E-state index is 11.2. The van der Waals surface area contributed by atoms with E-state index in [0.717, 1.165) is 18.6 Å². The van der Waals surface area contributed by atoms with Crippen LogP contribution < -0.4 is 5.32 Å². The molecule has 1 aliphatic rings. The predicted molar refractivity (Wildman–Crippen MR) is 54.7 cm³/mol. The van der Waals surface area contributed by atoms with Crippen LogP contribution in [0.5, 0.6) is 0 Å². The van der Waals surface area contributed by atoms with Crippen LogP contribution >= 0.6 is 11.8 Å². The summed E-state index contributed by atoms with van der Waals surface area (Å²) < 4.78 is 0. The zero-order valence-corrected chi connectivity index (χ0v) is 8.77. The molecule has 1 rings (SSSR count). The van der Waals surface area contributed by atoms with Gasteiger partial charge in [-0.25, -0.2) is 0 Å². The summed E-state index contributed by atoms with van der Waals surface area (Å²) in [6.45, 7) is 2.18. The van der Waals surface area contributed by atoms with Crippen LogP contribution in [0.1, 0.15) is 19.8 Å². The number of aliphatic hydroxyl groups is 1. The number of aliphatic hydroxyl groups excluding tert-OH is 1. The first-order valence-corrected chi connectivity index (χ1v) is 5.85. The van der Waals surface area contributed by atoms with Crippen LogP contribution in [-0.2, 0) is 4.79 Å². The van der Waals surface area contributed by atoms with E-state index in [1.54, 1.807) is 11.8 Å². The number of rotatable bonds is 6. The lowest BCUT2D eigenvalue weighted by Gasteiger charge is -2.06. The minimum atomic E-state index is 0.137. The van der Waals surface area contributed by atoms with Gasteiger partial charge in [-0.15, -0.1) is 0 Å². The largest absolute Gasteiger partial charge is 0.396 e. The molecule has 1 atom stereocenters. The van der Waals surface area contributed by atoms with Gasteiger partial charge in [-0.3, -0.25) is 4.79 Å². The molecular formula is C9H17NO2S. The molecule has 2 N–H and O–H groups in total. The van der Waals surface area contributed by atoms with Crippen molar-refractivity contribution < 1.29 is 9.90 Å². The molecule has 0 aromatic carbocycles. The van der Waals surface area contributed by atoms with Gasteiger partial charge >= 0.3 is 0 Å². The number of hydrogen-bond donors (Lipinski definition) is 2. The van der Waals surface area contributed by atoms with Crippen LogP contribution in [0.25, 0.3) is 0 Å². The highest BCUT2D eigenvalue weighted by atomic mass is 32.2. The molecule has 0 spiro atoms. The fourth-order valence-electron chi connectivity index (χ4n) is 0.903. The summed E-state index contributed by atoms with van der Waals surface area (Å²) in [4.78, 5) is 11.2. The molecule has 0 aromatic heterocycles. The molecule has 1 unspecified atom stereocenters. The number of carbonyl (C=O) groups is 1. The number of carbonyl (C=O) groups excluding carboxylic acids is 1. The van der Waals surface area contributed by atoms with Gasteiger partial charge < -0.3 is 10.4 Å². The molecule has 0 aliphatic heterocycles. The first kappa shape index (κ1) is 10.9. The van der Waals surface area contributed by atoms with Gasteiger partial charge in [0.25, 0.3) is 0 Å². The smallest absolute Gasteiger partial charge is 0.230 e. The van der Waals surface area contributed by atoms with E-state index in [0.29, 0.717) is 17.7 Å². The van der Waals surface area contributed by atoms with Crippen LogP contribution in [0.4, 0.5) is 0 Å². The molecule has 3 nitrogen and oxygen atoms in total. The van der Waals surface area contributed by atoms with E-state index in [1.165, 1.54) is 0 Å². The summed E-state index contributed by atoms with van der Waals surface area (Å²) in [5, 5.41) is 11.7. The molecule has 76 valence electrons. The highest BCUT2D eigenvalue weighted by Crippen LogP contribution is 2.18. The van der Waals surface area contributed by atoms with Crippen LogP contribution in [0.15, 0.2) is 0 Å². The van der Waals surface area contributed by atoms with E-state index in [9.17, 15) is 4.79 Å². The summed E-state index contributed by atoms with van der Waals surface area (Å²) in [6, 6.07) is 0.461. The van der Waals surface area contributed by atoms with Gasteiger partial charge in [0.1, 0.15) is 0 Å². The Morgan fingerprint density at radius 1 is 1.69 bits per heavy atom. The highest BCUT2D eigenvalue weighted by molar-refractivity contribution is 7.99. The Labute approximate surface area is 83.3 Å². The summed E-state index contributed by atoms with van der Waals surface area (Å²) in [5.41, 5.74) is 0. The molecule has 0 saturated heterocycles. The molecule has 0 radical (unpaired) electrons. The third-order valence-electron chi connectivity index (χ3n) is 1.89. The van der Waals surface area contributed by atoms with E-state index >= 15 is 0 Å². The lowest BCUT2D eigenvalue weighted by Crippen LogP contribution is -2.27. The quantitative estimate of drug-likeness (QED) is 0.665.